The zero-order valence-corrected chi connectivity index (χ0v) is 15.3. The van der Waals surface area contributed by atoms with Crippen LogP contribution < -0.4 is 0 Å². The van der Waals surface area contributed by atoms with Crippen molar-refractivity contribution >= 4 is 23.2 Å². The molecule has 0 aliphatic carbocycles. The van der Waals surface area contributed by atoms with Crippen LogP contribution in [0, 0.1) is 17.7 Å². The number of thiazole rings is 1. The molecule has 5 nitrogen and oxygen atoms in total. The fourth-order valence-corrected chi connectivity index (χ4v) is 4.12. The Balaban J connectivity index is 1.56. The van der Waals surface area contributed by atoms with Crippen molar-refractivity contribution < 1.29 is 19.1 Å². The Hall–Kier alpha value is -2.28. The molecule has 2 heterocycles. The maximum absolute atomic E-state index is 13.0. The largest absolute Gasteiger partial charge is 0.481 e. The van der Waals surface area contributed by atoms with Gasteiger partial charge in [0.25, 0.3) is 0 Å². The molecular weight excluding hydrogens is 355 g/mol. The highest BCUT2D eigenvalue weighted by molar-refractivity contribution is 7.09. The molecule has 1 fully saturated rings. The fraction of sp³-hybridized carbons (Fsp3) is 0.421. The van der Waals surface area contributed by atoms with E-state index in [2.05, 4.69) is 4.98 Å². The minimum atomic E-state index is -0.783. The lowest BCUT2D eigenvalue weighted by Crippen LogP contribution is -2.45. The topological polar surface area (TPSA) is 70.5 Å². The maximum Gasteiger partial charge on any atom is 0.306 e. The molecule has 0 saturated carbocycles. The lowest BCUT2D eigenvalue weighted by atomic mass is 9.87. The highest BCUT2D eigenvalue weighted by Gasteiger charge is 2.33. The number of rotatable bonds is 5. The number of benzene rings is 1. The van der Waals surface area contributed by atoms with Crippen molar-refractivity contribution in [1.29, 1.82) is 0 Å². The lowest BCUT2D eigenvalue weighted by Gasteiger charge is -2.34. The van der Waals surface area contributed by atoms with Gasteiger partial charge in [-0.1, -0.05) is 19.1 Å². The van der Waals surface area contributed by atoms with Gasteiger partial charge in [-0.2, -0.15) is 0 Å². The SMILES string of the molecule is CC1CN(C(=O)Cc2csc(Cc3ccc(F)cc3)n2)CCC1C(=O)O. The summed E-state index contributed by atoms with van der Waals surface area (Å²) in [5.74, 6) is -1.48. The number of nitrogens with zero attached hydrogens (tertiary/aromatic N) is 2. The fourth-order valence-electron chi connectivity index (χ4n) is 3.29. The first-order valence-corrected chi connectivity index (χ1v) is 9.48. The number of hydrogen-bond acceptors (Lipinski definition) is 4. The Bertz CT molecular complexity index is 790. The highest BCUT2D eigenvalue weighted by atomic mass is 32.1. The number of carbonyl (C=O) groups is 2. The third kappa shape index (κ3) is 4.46. The van der Waals surface area contributed by atoms with Crippen molar-refractivity contribution in [3.63, 3.8) is 0 Å². The molecule has 1 aliphatic rings. The van der Waals surface area contributed by atoms with Crippen molar-refractivity contribution in [2.45, 2.75) is 26.2 Å². The minimum Gasteiger partial charge on any atom is -0.481 e. The zero-order valence-electron chi connectivity index (χ0n) is 14.5. The van der Waals surface area contributed by atoms with Gasteiger partial charge < -0.3 is 10.0 Å². The molecule has 0 radical (unpaired) electrons. The third-order valence-corrected chi connectivity index (χ3v) is 5.67. The summed E-state index contributed by atoms with van der Waals surface area (Å²) in [4.78, 5) is 29.9. The predicted octanol–water partition coefficient (Wildman–Crippen LogP) is 2.98. The van der Waals surface area contributed by atoms with E-state index in [1.54, 1.807) is 17.0 Å². The molecule has 7 heteroatoms. The first-order chi connectivity index (χ1) is 12.4. The van der Waals surface area contributed by atoms with Gasteiger partial charge in [0, 0.05) is 24.9 Å². The number of amides is 1. The van der Waals surface area contributed by atoms with Crippen LogP contribution in [0.4, 0.5) is 4.39 Å². The summed E-state index contributed by atoms with van der Waals surface area (Å²) in [6.07, 6.45) is 1.33. The zero-order chi connectivity index (χ0) is 18.7. The van der Waals surface area contributed by atoms with Crippen LogP contribution in [0.25, 0.3) is 0 Å². The number of carboxylic acids is 1. The number of aliphatic carboxylic acids is 1. The Morgan fingerprint density at radius 3 is 2.73 bits per heavy atom. The molecule has 3 rings (SSSR count). The lowest BCUT2D eigenvalue weighted by molar-refractivity contribution is -0.148. The van der Waals surface area contributed by atoms with Gasteiger partial charge >= 0.3 is 5.97 Å². The number of hydrogen-bond donors (Lipinski definition) is 1. The standard InChI is InChI=1S/C19H21FN2O3S/c1-12-10-22(7-6-16(12)19(24)25)18(23)9-15-11-26-17(21-15)8-13-2-4-14(20)5-3-13/h2-5,11-12,16H,6-10H2,1H3,(H,24,25). The van der Waals surface area contributed by atoms with Crippen molar-refractivity contribution in [2.75, 3.05) is 13.1 Å². The third-order valence-electron chi connectivity index (χ3n) is 4.78. The molecule has 1 aliphatic heterocycles. The maximum atomic E-state index is 13.0. The molecule has 1 amide bonds. The number of halogens is 1. The van der Waals surface area contributed by atoms with Crippen LogP contribution in [0.2, 0.25) is 0 Å². The molecule has 1 saturated heterocycles. The van der Waals surface area contributed by atoms with E-state index in [1.165, 1.54) is 23.5 Å². The monoisotopic (exact) mass is 376 g/mol. The Kier molecular flexibility index (Phi) is 5.66. The molecule has 2 unspecified atom stereocenters. The Morgan fingerprint density at radius 2 is 2.08 bits per heavy atom. The molecule has 1 aromatic heterocycles. The molecule has 2 atom stereocenters. The van der Waals surface area contributed by atoms with E-state index in [4.69, 9.17) is 0 Å². The molecule has 26 heavy (non-hydrogen) atoms. The van der Waals surface area contributed by atoms with E-state index in [1.807, 2.05) is 12.3 Å². The van der Waals surface area contributed by atoms with Gasteiger partial charge in [-0.15, -0.1) is 11.3 Å². The number of carbonyl (C=O) groups excluding carboxylic acids is 1. The molecule has 138 valence electrons. The minimum absolute atomic E-state index is 0.0145. The van der Waals surface area contributed by atoms with Gasteiger partial charge in [0.1, 0.15) is 5.82 Å². The van der Waals surface area contributed by atoms with Crippen molar-refractivity contribution in [1.82, 2.24) is 9.88 Å². The van der Waals surface area contributed by atoms with Crippen LogP contribution in [-0.4, -0.2) is 40.0 Å². The number of likely N-dealkylation sites (tertiary alicyclic amines) is 1. The summed E-state index contributed by atoms with van der Waals surface area (Å²) in [6, 6.07) is 6.32. The number of piperidine rings is 1. The van der Waals surface area contributed by atoms with Crippen LogP contribution in [0.15, 0.2) is 29.6 Å². The van der Waals surface area contributed by atoms with Gasteiger partial charge in [-0.05, 0) is 30.0 Å². The number of aromatic nitrogens is 1. The molecule has 1 N–H and O–H groups in total. The van der Waals surface area contributed by atoms with Gasteiger partial charge in [-0.25, -0.2) is 9.37 Å². The number of carboxylic acid groups (broad SMARTS) is 1. The van der Waals surface area contributed by atoms with E-state index in [0.717, 1.165) is 16.3 Å². The van der Waals surface area contributed by atoms with Gasteiger partial charge in [0.05, 0.1) is 23.0 Å². The average Bonchev–Trinajstić information content (AvgIpc) is 3.03. The van der Waals surface area contributed by atoms with Crippen LogP contribution >= 0.6 is 11.3 Å². The molecule has 0 bridgehead atoms. The van der Waals surface area contributed by atoms with E-state index in [-0.39, 0.29) is 30.0 Å². The summed E-state index contributed by atoms with van der Waals surface area (Å²) < 4.78 is 13.0. The van der Waals surface area contributed by atoms with Gasteiger partial charge in [0.2, 0.25) is 5.91 Å². The Labute approximate surface area is 155 Å². The molecule has 0 spiro atoms. The van der Waals surface area contributed by atoms with Crippen LogP contribution in [0.5, 0.6) is 0 Å². The van der Waals surface area contributed by atoms with E-state index in [9.17, 15) is 19.1 Å². The average molecular weight is 376 g/mol. The second-order valence-corrected chi connectivity index (χ2v) is 7.71. The van der Waals surface area contributed by atoms with Crippen molar-refractivity contribution in [2.24, 2.45) is 11.8 Å². The van der Waals surface area contributed by atoms with E-state index < -0.39 is 5.97 Å². The quantitative estimate of drug-likeness (QED) is 0.871. The summed E-state index contributed by atoms with van der Waals surface area (Å²) in [5, 5.41) is 11.9. The van der Waals surface area contributed by atoms with Crippen molar-refractivity contribution in [3.05, 3.63) is 51.7 Å². The molecule has 2 aromatic rings. The summed E-state index contributed by atoms with van der Waals surface area (Å²) in [7, 11) is 0. The normalized spacial score (nSPS) is 20.2. The van der Waals surface area contributed by atoms with E-state index in [0.29, 0.717) is 25.9 Å². The Morgan fingerprint density at radius 1 is 1.35 bits per heavy atom. The molecular formula is C19H21FN2O3S. The summed E-state index contributed by atoms with van der Waals surface area (Å²) in [6.45, 7) is 2.83. The van der Waals surface area contributed by atoms with Crippen LogP contribution in [-0.2, 0) is 22.4 Å². The summed E-state index contributed by atoms with van der Waals surface area (Å²) in [5.41, 5.74) is 1.70. The first-order valence-electron chi connectivity index (χ1n) is 8.60. The second kappa shape index (κ2) is 7.95. The van der Waals surface area contributed by atoms with Gasteiger partial charge in [-0.3, -0.25) is 9.59 Å². The highest BCUT2D eigenvalue weighted by Crippen LogP contribution is 2.24. The van der Waals surface area contributed by atoms with Gasteiger partial charge in [0.15, 0.2) is 0 Å². The van der Waals surface area contributed by atoms with Crippen molar-refractivity contribution in [3.8, 4) is 0 Å². The molecule has 1 aromatic carbocycles. The predicted molar refractivity (Wildman–Crippen MR) is 96.5 cm³/mol. The van der Waals surface area contributed by atoms with E-state index >= 15 is 0 Å². The first kappa shape index (κ1) is 18.5. The van der Waals surface area contributed by atoms with Crippen LogP contribution in [0.3, 0.4) is 0 Å². The summed E-state index contributed by atoms with van der Waals surface area (Å²) >= 11 is 1.49. The second-order valence-electron chi connectivity index (χ2n) is 6.76. The smallest absolute Gasteiger partial charge is 0.306 e. The van der Waals surface area contributed by atoms with Crippen LogP contribution in [0.1, 0.15) is 29.6 Å².